The molecule has 0 spiro atoms. The molecule has 1 saturated heterocycles. The van der Waals surface area contributed by atoms with Crippen LogP contribution in [0.2, 0.25) is 0 Å². The number of para-hydroxylation sites is 1. The normalized spacial score (nSPS) is 34.4. The molecule has 4 heterocycles. The Morgan fingerprint density at radius 3 is 2.90 bits per heavy atom. The molecule has 0 amide bonds. The lowest BCUT2D eigenvalue weighted by Gasteiger charge is -2.37. The van der Waals surface area contributed by atoms with Gasteiger partial charge in [0.05, 0.1) is 23.5 Å². The van der Waals surface area contributed by atoms with E-state index < -0.39 is 0 Å². The van der Waals surface area contributed by atoms with E-state index in [2.05, 4.69) is 60.6 Å². The summed E-state index contributed by atoms with van der Waals surface area (Å²) in [6, 6.07) is 8.52. The van der Waals surface area contributed by atoms with Gasteiger partial charge in [-0.15, -0.1) is 0 Å². The van der Waals surface area contributed by atoms with Gasteiger partial charge < -0.3 is 24.0 Å². The van der Waals surface area contributed by atoms with Gasteiger partial charge in [0.2, 0.25) is 0 Å². The van der Waals surface area contributed by atoms with Crippen molar-refractivity contribution in [1.82, 2.24) is 5.32 Å². The van der Waals surface area contributed by atoms with Crippen molar-refractivity contribution in [2.24, 2.45) is 0 Å². The zero-order valence-electron chi connectivity index (χ0n) is 11.6. The molecule has 4 aliphatic rings. The Labute approximate surface area is 136 Å². The molecule has 0 bridgehead atoms. The molecule has 4 atom stereocenters. The number of hydrogen-bond donors (Lipinski definition) is 2. The summed E-state index contributed by atoms with van der Waals surface area (Å²) in [6.45, 7) is 4.63. The van der Waals surface area contributed by atoms with Gasteiger partial charge in [-0.05, 0) is 31.1 Å². The molecule has 4 aliphatic heterocycles. The summed E-state index contributed by atoms with van der Waals surface area (Å²) in [7, 11) is 0. The first-order chi connectivity index (χ1) is 9.25. The first-order valence-electron chi connectivity index (χ1n) is 7.20. The van der Waals surface area contributed by atoms with Crippen molar-refractivity contribution in [2.45, 2.75) is 38.1 Å². The standard InChI is InChI=1S/C16H17N3.HI/c1-9(2)18-8-11-7-6-10-4-3-5-12-13-14(17-13)16(18)19(11)15(10)12;/h3-9,13-14,16-17H,1-2H3;1H. The van der Waals surface area contributed by atoms with Crippen LogP contribution in [0, 0.1) is 0 Å². The van der Waals surface area contributed by atoms with Gasteiger partial charge in [-0.2, -0.15) is 0 Å². The van der Waals surface area contributed by atoms with Crippen molar-refractivity contribution in [1.29, 1.82) is 0 Å². The van der Waals surface area contributed by atoms with Gasteiger partial charge in [-0.1, -0.05) is 24.3 Å². The summed E-state index contributed by atoms with van der Waals surface area (Å²) < 4.78 is 0. The molecule has 0 saturated carbocycles. The monoisotopic (exact) mass is 379 g/mol. The summed E-state index contributed by atoms with van der Waals surface area (Å²) in [5.41, 5.74) is 5.68. The van der Waals surface area contributed by atoms with Crippen molar-refractivity contribution in [2.75, 3.05) is 4.90 Å². The summed E-state index contributed by atoms with van der Waals surface area (Å²) in [5.74, 6) is 0. The van der Waals surface area contributed by atoms with Crippen molar-refractivity contribution in [3.8, 4) is 0 Å². The average molecular weight is 379 g/mol. The maximum atomic E-state index is 3.70. The first-order valence-corrected chi connectivity index (χ1v) is 7.20. The Bertz CT molecular complexity index is 649. The smallest absolute Gasteiger partial charge is 0.189 e. The molecular weight excluding hydrogens is 361 g/mol. The molecule has 1 aromatic rings. The molecule has 104 valence electrons. The molecular formula is C16H18IN3. The zero-order chi connectivity index (χ0) is 12.7. The van der Waals surface area contributed by atoms with E-state index in [4.69, 9.17) is 0 Å². The molecule has 1 aromatic carbocycles. The van der Waals surface area contributed by atoms with Crippen LogP contribution >= 0.6 is 0 Å². The second kappa shape index (κ2) is 4.08. The Morgan fingerprint density at radius 1 is 1.25 bits per heavy atom. The number of halogens is 1. The van der Waals surface area contributed by atoms with E-state index in [-0.39, 0.29) is 24.0 Å². The third-order valence-electron chi connectivity index (χ3n) is 4.95. The third-order valence-corrected chi connectivity index (χ3v) is 4.95. The third kappa shape index (κ3) is 1.42. The molecule has 2 N–H and O–H groups in total. The molecule has 0 aliphatic carbocycles. The van der Waals surface area contributed by atoms with Crippen LogP contribution in [0.5, 0.6) is 0 Å². The second-order valence-corrected chi connectivity index (χ2v) is 6.33. The molecule has 20 heavy (non-hydrogen) atoms. The Morgan fingerprint density at radius 2 is 2.10 bits per heavy atom. The van der Waals surface area contributed by atoms with E-state index in [1.54, 1.807) is 4.90 Å². The van der Waals surface area contributed by atoms with Crippen LogP contribution in [-0.4, -0.2) is 18.2 Å². The highest BCUT2D eigenvalue weighted by Gasteiger charge is 2.59. The fraction of sp³-hybridized carbons (Fsp3) is 0.375. The van der Waals surface area contributed by atoms with Crippen LogP contribution in [0.4, 0.5) is 5.69 Å². The predicted octanol–water partition coefficient (Wildman–Crippen LogP) is -1.98. The SMILES string of the molecule is CC(C)[NH+]1C=C2C=Cc3cccc4c3N2C1C1NC41.[I-]. The van der Waals surface area contributed by atoms with Gasteiger partial charge in [0.1, 0.15) is 12.2 Å². The first kappa shape index (κ1) is 12.9. The summed E-state index contributed by atoms with van der Waals surface area (Å²) >= 11 is 0. The van der Waals surface area contributed by atoms with Gasteiger partial charge >= 0.3 is 0 Å². The molecule has 0 aromatic heterocycles. The highest BCUT2D eigenvalue weighted by Crippen LogP contribution is 2.49. The van der Waals surface area contributed by atoms with Gasteiger partial charge in [0.25, 0.3) is 0 Å². The lowest BCUT2D eigenvalue weighted by molar-refractivity contribution is -0.889. The van der Waals surface area contributed by atoms with Gasteiger partial charge in [0, 0.05) is 0 Å². The highest BCUT2D eigenvalue weighted by atomic mass is 127. The summed E-state index contributed by atoms with van der Waals surface area (Å²) in [4.78, 5) is 4.16. The van der Waals surface area contributed by atoms with E-state index in [1.807, 2.05) is 0 Å². The fourth-order valence-corrected chi connectivity index (χ4v) is 4.04. The fourth-order valence-electron chi connectivity index (χ4n) is 4.04. The van der Waals surface area contributed by atoms with Gasteiger partial charge in [-0.25, -0.2) is 0 Å². The topological polar surface area (TPSA) is 29.6 Å². The highest BCUT2D eigenvalue weighted by molar-refractivity contribution is 5.82. The van der Waals surface area contributed by atoms with Crippen LogP contribution in [0.25, 0.3) is 6.08 Å². The predicted molar refractivity (Wildman–Crippen MR) is 75.6 cm³/mol. The van der Waals surface area contributed by atoms with Crippen LogP contribution in [0.15, 0.2) is 36.2 Å². The molecule has 3 nitrogen and oxygen atoms in total. The maximum absolute atomic E-state index is 3.70. The number of rotatable bonds is 1. The number of anilines is 1. The number of benzene rings is 1. The van der Waals surface area contributed by atoms with Crippen molar-refractivity contribution in [3.05, 3.63) is 47.3 Å². The number of hydrogen-bond acceptors (Lipinski definition) is 2. The molecule has 5 rings (SSSR count). The van der Waals surface area contributed by atoms with E-state index >= 15 is 0 Å². The minimum absolute atomic E-state index is 0. The van der Waals surface area contributed by atoms with E-state index in [9.17, 15) is 0 Å². The molecule has 0 radical (unpaired) electrons. The molecule has 4 unspecified atom stereocenters. The number of allylic oxidation sites excluding steroid dienone is 1. The lowest BCUT2D eigenvalue weighted by atomic mass is 9.93. The number of quaternary nitrogens is 1. The minimum Gasteiger partial charge on any atom is -1.00 e. The zero-order valence-corrected chi connectivity index (χ0v) is 13.8. The lowest BCUT2D eigenvalue weighted by Crippen LogP contribution is -3.15. The van der Waals surface area contributed by atoms with E-state index in [1.165, 1.54) is 22.5 Å². The molecule has 4 heteroatoms. The summed E-state index contributed by atoms with van der Waals surface area (Å²) in [6.07, 6.45) is 7.49. The maximum Gasteiger partial charge on any atom is 0.189 e. The quantitative estimate of drug-likeness (QED) is 0.438. The number of nitrogens with zero attached hydrogens (tertiary/aromatic N) is 1. The minimum atomic E-state index is 0. The van der Waals surface area contributed by atoms with Crippen molar-refractivity contribution < 1.29 is 28.9 Å². The van der Waals surface area contributed by atoms with Crippen LogP contribution in [0.3, 0.4) is 0 Å². The van der Waals surface area contributed by atoms with Crippen molar-refractivity contribution in [3.63, 3.8) is 0 Å². The Hall–Kier alpha value is -0.850. The number of fused-ring (bicyclic) bond motifs is 3. The van der Waals surface area contributed by atoms with E-state index in [0.717, 1.165) is 0 Å². The van der Waals surface area contributed by atoms with Gasteiger partial charge in [0.15, 0.2) is 6.17 Å². The molecule has 1 fully saturated rings. The van der Waals surface area contributed by atoms with Crippen LogP contribution < -0.4 is 39.1 Å². The van der Waals surface area contributed by atoms with Crippen LogP contribution in [0.1, 0.15) is 31.0 Å². The van der Waals surface area contributed by atoms with E-state index in [0.29, 0.717) is 24.3 Å². The summed E-state index contributed by atoms with van der Waals surface area (Å²) in [5, 5.41) is 3.70. The van der Waals surface area contributed by atoms with Crippen molar-refractivity contribution >= 4 is 11.8 Å². The van der Waals surface area contributed by atoms with Gasteiger partial charge in [-0.3, -0.25) is 15.1 Å². The Balaban J connectivity index is 0.00000106. The average Bonchev–Trinajstić information content (AvgIpc) is 3.11. The largest absolute Gasteiger partial charge is 1.00 e. The second-order valence-electron chi connectivity index (χ2n) is 6.33. The number of nitrogens with one attached hydrogen (secondary N) is 2. The Kier molecular flexibility index (Phi) is 2.63. The van der Waals surface area contributed by atoms with Crippen LogP contribution in [-0.2, 0) is 0 Å².